The first kappa shape index (κ1) is 12.7. The quantitative estimate of drug-likeness (QED) is 0.622. The Kier molecular flexibility index (Phi) is 4.03. The van der Waals surface area contributed by atoms with Gasteiger partial charge < -0.3 is 15.4 Å². The average molecular weight is 265 g/mol. The molecule has 0 aliphatic carbocycles. The van der Waals surface area contributed by atoms with E-state index in [1.54, 1.807) is 12.1 Å². The van der Waals surface area contributed by atoms with Crippen molar-refractivity contribution in [3.63, 3.8) is 0 Å². The zero-order valence-electron chi connectivity index (χ0n) is 9.77. The molecule has 0 spiro atoms. The van der Waals surface area contributed by atoms with Crippen LogP contribution in [0.15, 0.2) is 23.2 Å². The Balaban J connectivity index is 2.38. The van der Waals surface area contributed by atoms with Gasteiger partial charge in [0, 0.05) is 18.7 Å². The lowest BCUT2D eigenvalue weighted by Crippen LogP contribution is -2.32. The Labute approximate surface area is 110 Å². The summed E-state index contributed by atoms with van der Waals surface area (Å²) in [6.07, 6.45) is 2.41. The molecule has 18 heavy (non-hydrogen) atoms. The highest BCUT2D eigenvalue weighted by atomic mass is 35.5. The van der Waals surface area contributed by atoms with Gasteiger partial charge in [-0.25, -0.2) is 0 Å². The Bertz CT molecular complexity index is 509. The van der Waals surface area contributed by atoms with E-state index in [0.717, 1.165) is 5.69 Å². The van der Waals surface area contributed by atoms with Gasteiger partial charge >= 0.3 is 0 Å². The van der Waals surface area contributed by atoms with Crippen molar-refractivity contribution in [1.29, 1.82) is 5.26 Å². The summed E-state index contributed by atoms with van der Waals surface area (Å²) in [6.45, 7) is 1.75. The molecule has 5 nitrogen and oxygen atoms in total. The zero-order chi connectivity index (χ0) is 13.0. The number of nitrogens with two attached hydrogens (primary N) is 1. The zero-order valence-corrected chi connectivity index (χ0v) is 10.5. The molecule has 1 heterocycles. The molecule has 6 heteroatoms. The predicted octanol–water partition coefficient (Wildman–Crippen LogP) is 2.03. The molecule has 2 N–H and O–H groups in total. The molecular formula is C12H13ClN4O. The third-order valence-electron chi connectivity index (χ3n) is 2.68. The van der Waals surface area contributed by atoms with Crippen LogP contribution in [0.3, 0.4) is 0 Å². The number of amidine groups is 1. The topological polar surface area (TPSA) is 74.6 Å². The smallest absolute Gasteiger partial charge is 0.207 e. The van der Waals surface area contributed by atoms with E-state index in [9.17, 15) is 0 Å². The van der Waals surface area contributed by atoms with Crippen molar-refractivity contribution < 1.29 is 4.74 Å². The van der Waals surface area contributed by atoms with Crippen LogP contribution >= 0.6 is 11.6 Å². The normalized spacial score (nSPS) is 18.4. The molecular weight excluding hydrogens is 252 g/mol. The molecule has 0 unspecified atom stereocenters. The van der Waals surface area contributed by atoms with Gasteiger partial charge in [0.15, 0.2) is 0 Å². The van der Waals surface area contributed by atoms with Gasteiger partial charge in [-0.05, 0) is 18.2 Å². The molecule has 1 aromatic carbocycles. The summed E-state index contributed by atoms with van der Waals surface area (Å²) in [7, 11) is 0. The monoisotopic (exact) mass is 264 g/mol. The molecule has 0 atom stereocenters. The van der Waals surface area contributed by atoms with Crippen molar-refractivity contribution in [3.8, 4) is 6.19 Å². The first-order valence-corrected chi connectivity index (χ1v) is 5.96. The van der Waals surface area contributed by atoms with Crippen molar-refractivity contribution >= 4 is 28.8 Å². The molecule has 1 aliphatic rings. The van der Waals surface area contributed by atoms with Crippen molar-refractivity contribution in [2.75, 3.05) is 30.4 Å². The van der Waals surface area contributed by atoms with E-state index in [4.69, 9.17) is 27.3 Å². The van der Waals surface area contributed by atoms with Crippen LogP contribution in [0.1, 0.15) is 6.42 Å². The number of nitrogens with zero attached hydrogens (tertiary/aromatic N) is 3. The van der Waals surface area contributed by atoms with E-state index in [2.05, 4.69) is 4.99 Å². The number of hydrogen-bond donors (Lipinski definition) is 1. The minimum absolute atomic E-state index is 0.544. The fraction of sp³-hybridized carbons (Fsp3) is 0.333. The maximum Gasteiger partial charge on any atom is 0.207 e. The molecule has 0 bridgehead atoms. The summed E-state index contributed by atoms with van der Waals surface area (Å²) in [5.41, 5.74) is 7.07. The molecule has 0 aromatic heterocycles. The Morgan fingerprint density at radius 2 is 2.28 bits per heavy atom. The Morgan fingerprint density at radius 1 is 1.44 bits per heavy atom. The molecule has 2 rings (SSSR count). The highest BCUT2D eigenvalue weighted by Gasteiger charge is 2.19. The average Bonchev–Trinajstić information content (AvgIpc) is 2.56. The predicted molar refractivity (Wildman–Crippen MR) is 71.7 cm³/mol. The van der Waals surface area contributed by atoms with Gasteiger partial charge in [0.1, 0.15) is 5.84 Å². The third kappa shape index (κ3) is 2.73. The highest BCUT2D eigenvalue weighted by Crippen LogP contribution is 2.29. The lowest BCUT2D eigenvalue weighted by molar-refractivity contribution is 0.155. The number of rotatable bonds is 1. The van der Waals surface area contributed by atoms with Crippen LogP contribution in [0, 0.1) is 11.5 Å². The number of nitriles is 1. The van der Waals surface area contributed by atoms with Crippen molar-refractivity contribution in [3.05, 3.63) is 23.2 Å². The van der Waals surface area contributed by atoms with Crippen molar-refractivity contribution in [2.24, 2.45) is 4.99 Å². The molecule has 1 aliphatic heterocycles. The van der Waals surface area contributed by atoms with E-state index < -0.39 is 0 Å². The number of aliphatic imine (C=N–C) groups is 1. The molecule has 94 valence electrons. The van der Waals surface area contributed by atoms with Crippen LogP contribution in [0.2, 0.25) is 5.02 Å². The van der Waals surface area contributed by atoms with Gasteiger partial charge in [-0.15, -0.1) is 0 Å². The maximum absolute atomic E-state index is 8.73. The number of hydrogen-bond acceptors (Lipinski definition) is 4. The highest BCUT2D eigenvalue weighted by molar-refractivity contribution is 6.34. The van der Waals surface area contributed by atoms with Gasteiger partial charge in [-0.3, -0.25) is 0 Å². The molecule has 1 aromatic rings. The van der Waals surface area contributed by atoms with Crippen LogP contribution in [0.4, 0.5) is 11.4 Å². The van der Waals surface area contributed by atoms with E-state index >= 15 is 0 Å². The van der Waals surface area contributed by atoms with Gasteiger partial charge in [0.05, 0.1) is 23.9 Å². The summed E-state index contributed by atoms with van der Waals surface area (Å²) in [4.78, 5) is 5.74. The number of nitrogen functional groups attached to an aromatic ring is 1. The fourth-order valence-corrected chi connectivity index (χ4v) is 2.15. The molecule has 1 fully saturated rings. The second-order valence-electron chi connectivity index (χ2n) is 3.85. The lowest BCUT2D eigenvalue weighted by Gasteiger charge is -2.24. The van der Waals surface area contributed by atoms with Crippen molar-refractivity contribution in [1.82, 2.24) is 0 Å². The first-order chi connectivity index (χ1) is 8.72. The molecule has 1 saturated heterocycles. The Morgan fingerprint density at radius 3 is 3.00 bits per heavy atom. The van der Waals surface area contributed by atoms with Crippen LogP contribution in [0.5, 0.6) is 0 Å². The maximum atomic E-state index is 8.73. The number of anilines is 2. The summed E-state index contributed by atoms with van der Waals surface area (Å²) >= 11 is 6.18. The largest absolute Gasteiger partial charge is 0.399 e. The lowest BCUT2D eigenvalue weighted by atomic mass is 10.2. The first-order valence-electron chi connectivity index (χ1n) is 5.58. The second-order valence-corrected chi connectivity index (χ2v) is 4.26. The van der Waals surface area contributed by atoms with Gasteiger partial charge in [0.2, 0.25) is 6.19 Å². The van der Waals surface area contributed by atoms with Crippen molar-refractivity contribution in [2.45, 2.75) is 6.42 Å². The van der Waals surface area contributed by atoms with E-state index in [0.29, 0.717) is 42.7 Å². The summed E-state index contributed by atoms with van der Waals surface area (Å²) in [5, 5.41) is 9.27. The number of benzene rings is 1. The van der Waals surface area contributed by atoms with Crippen LogP contribution in [-0.4, -0.2) is 25.6 Å². The summed E-state index contributed by atoms with van der Waals surface area (Å²) in [5.74, 6) is 0.668. The van der Waals surface area contributed by atoms with Gasteiger partial charge in [0.25, 0.3) is 0 Å². The van der Waals surface area contributed by atoms with Gasteiger partial charge in [-0.2, -0.15) is 10.3 Å². The second kappa shape index (κ2) is 5.71. The van der Waals surface area contributed by atoms with E-state index in [1.165, 1.54) is 0 Å². The summed E-state index contributed by atoms with van der Waals surface area (Å²) < 4.78 is 5.39. The number of halogens is 1. The van der Waals surface area contributed by atoms with E-state index in [1.807, 2.05) is 17.2 Å². The van der Waals surface area contributed by atoms with E-state index in [-0.39, 0.29) is 0 Å². The SMILES string of the molecule is N#CN=C1CCOCCN1c1ccc(N)cc1Cl. The Hall–Kier alpha value is -1.77. The van der Waals surface area contributed by atoms with Gasteiger partial charge in [-0.1, -0.05) is 11.6 Å². The molecule has 0 radical (unpaired) electrons. The third-order valence-corrected chi connectivity index (χ3v) is 2.99. The number of ether oxygens (including phenoxy) is 1. The minimum Gasteiger partial charge on any atom is -0.399 e. The van der Waals surface area contributed by atoms with Crippen LogP contribution in [-0.2, 0) is 4.74 Å². The standard InChI is InChI=1S/C12H13ClN4O/c13-10-7-9(15)1-2-11(10)17-4-6-18-5-3-12(17)16-8-14/h1-2,7H,3-6,15H2. The minimum atomic E-state index is 0.544. The molecule has 0 amide bonds. The van der Waals surface area contributed by atoms with Crippen LogP contribution < -0.4 is 10.6 Å². The summed E-state index contributed by atoms with van der Waals surface area (Å²) in [6, 6.07) is 5.29. The van der Waals surface area contributed by atoms with Crippen LogP contribution in [0.25, 0.3) is 0 Å². The molecule has 0 saturated carbocycles. The fourth-order valence-electron chi connectivity index (χ4n) is 1.86.